The summed E-state index contributed by atoms with van der Waals surface area (Å²) in [5.41, 5.74) is -0.144. The van der Waals surface area contributed by atoms with Crippen molar-refractivity contribution >= 4 is 24.1 Å². The molecule has 0 aliphatic heterocycles. The number of carbonyl (C=O) groups excluding carboxylic acids is 4. The minimum absolute atomic E-state index is 0.00370. The molecule has 0 aromatic rings. The third-order valence-corrected chi connectivity index (χ3v) is 8.54. The van der Waals surface area contributed by atoms with Crippen LogP contribution in [0.25, 0.3) is 0 Å². The highest BCUT2D eigenvalue weighted by atomic mass is 16.6. The first-order valence-corrected chi connectivity index (χ1v) is 15.0. The third kappa shape index (κ3) is 12.5. The lowest BCUT2D eigenvalue weighted by Gasteiger charge is -2.46. The van der Waals surface area contributed by atoms with Crippen LogP contribution >= 0.6 is 0 Å². The van der Waals surface area contributed by atoms with Gasteiger partial charge in [0, 0.05) is 31.8 Å². The molecule has 2 aliphatic carbocycles. The van der Waals surface area contributed by atoms with E-state index < -0.39 is 12.2 Å². The van der Waals surface area contributed by atoms with Gasteiger partial charge in [-0.2, -0.15) is 0 Å². The van der Waals surface area contributed by atoms with E-state index in [1.807, 2.05) is 0 Å². The summed E-state index contributed by atoms with van der Waals surface area (Å²) in [4.78, 5) is 48.3. The molecule has 41 heavy (non-hydrogen) atoms. The predicted molar refractivity (Wildman–Crippen MR) is 155 cm³/mol. The maximum atomic E-state index is 12.4. The molecule has 4 atom stereocenters. The summed E-state index contributed by atoms with van der Waals surface area (Å²) in [7, 11) is 2.77. The minimum atomic E-state index is -0.492. The van der Waals surface area contributed by atoms with Gasteiger partial charge in [-0.25, -0.2) is 9.59 Å². The molecule has 0 radical (unpaired) electrons. The zero-order valence-corrected chi connectivity index (χ0v) is 26.6. The van der Waals surface area contributed by atoms with Crippen LogP contribution in [0.15, 0.2) is 0 Å². The number of ether oxygens (including phenoxy) is 4. The van der Waals surface area contributed by atoms with Crippen LogP contribution in [0.1, 0.15) is 106 Å². The van der Waals surface area contributed by atoms with E-state index in [0.29, 0.717) is 32.2 Å². The number of alkyl carbamates (subject to hydrolysis) is 2. The molecule has 10 nitrogen and oxygen atoms in total. The van der Waals surface area contributed by atoms with Gasteiger partial charge in [0.1, 0.15) is 0 Å². The molecule has 4 unspecified atom stereocenters. The SMILES string of the molecule is COC(=O)CC1CC(C)(C)CC(C)(CNC(=O)OCCCOC(=O)CCC2(C)CC(NC(=O)OC)CC(C)(C)C2)C1. The zero-order chi connectivity index (χ0) is 30.9. The number of esters is 2. The molecule has 2 rings (SSSR count). The van der Waals surface area contributed by atoms with E-state index in [-0.39, 0.29) is 58.8 Å². The van der Waals surface area contributed by atoms with E-state index in [1.165, 1.54) is 14.2 Å². The lowest BCUT2D eigenvalue weighted by Crippen LogP contribution is -2.47. The molecule has 0 aromatic heterocycles. The van der Waals surface area contributed by atoms with Crippen molar-refractivity contribution in [3.05, 3.63) is 0 Å². The van der Waals surface area contributed by atoms with Gasteiger partial charge in [0.2, 0.25) is 0 Å². The topological polar surface area (TPSA) is 129 Å². The van der Waals surface area contributed by atoms with E-state index >= 15 is 0 Å². The Morgan fingerprint density at radius 2 is 1.37 bits per heavy atom. The Balaban J connectivity index is 1.67. The van der Waals surface area contributed by atoms with Crippen molar-refractivity contribution in [2.75, 3.05) is 34.0 Å². The number of hydrogen-bond acceptors (Lipinski definition) is 8. The first kappa shape index (κ1) is 34.7. The molecular formula is C31H54N2O8. The second-order valence-corrected chi connectivity index (χ2v) is 14.7. The van der Waals surface area contributed by atoms with Crippen LogP contribution < -0.4 is 10.6 Å². The Morgan fingerprint density at radius 3 is 2.02 bits per heavy atom. The van der Waals surface area contributed by atoms with Crippen LogP contribution in [0.4, 0.5) is 9.59 Å². The summed E-state index contributed by atoms with van der Waals surface area (Å²) in [6.45, 7) is 13.9. The highest BCUT2D eigenvalue weighted by molar-refractivity contribution is 5.70. The van der Waals surface area contributed by atoms with E-state index in [4.69, 9.17) is 18.9 Å². The first-order valence-electron chi connectivity index (χ1n) is 15.0. The maximum absolute atomic E-state index is 12.4. The molecule has 2 saturated carbocycles. The Labute approximate surface area is 246 Å². The monoisotopic (exact) mass is 582 g/mol. The number of nitrogens with one attached hydrogen (secondary N) is 2. The van der Waals surface area contributed by atoms with Crippen LogP contribution in [0.3, 0.4) is 0 Å². The largest absolute Gasteiger partial charge is 0.469 e. The summed E-state index contributed by atoms with van der Waals surface area (Å²) in [6.07, 6.45) is 6.18. The average molecular weight is 583 g/mol. The molecule has 236 valence electrons. The lowest BCUT2D eigenvalue weighted by atomic mass is 9.60. The number of methoxy groups -OCH3 is 2. The molecule has 0 bridgehead atoms. The van der Waals surface area contributed by atoms with E-state index in [2.05, 4.69) is 52.2 Å². The molecule has 0 spiro atoms. The van der Waals surface area contributed by atoms with Crippen LogP contribution in [-0.2, 0) is 28.5 Å². The van der Waals surface area contributed by atoms with Crippen molar-refractivity contribution in [3.63, 3.8) is 0 Å². The fourth-order valence-electron chi connectivity index (χ4n) is 7.82. The van der Waals surface area contributed by atoms with Crippen molar-refractivity contribution in [2.24, 2.45) is 27.6 Å². The summed E-state index contributed by atoms with van der Waals surface area (Å²) < 4.78 is 20.3. The fraction of sp³-hybridized carbons (Fsp3) is 0.871. The van der Waals surface area contributed by atoms with Crippen LogP contribution in [0.2, 0.25) is 0 Å². The van der Waals surface area contributed by atoms with E-state index in [9.17, 15) is 19.2 Å². The quantitative estimate of drug-likeness (QED) is 0.169. The van der Waals surface area contributed by atoms with Crippen molar-refractivity contribution in [1.29, 1.82) is 0 Å². The van der Waals surface area contributed by atoms with Gasteiger partial charge in [0.15, 0.2) is 0 Å². The fourth-order valence-corrected chi connectivity index (χ4v) is 7.82. The van der Waals surface area contributed by atoms with Crippen LogP contribution in [-0.4, -0.2) is 64.1 Å². The molecular weight excluding hydrogens is 528 g/mol. The molecule has 0 heterocycles. The van der Waals surface area contributed by atoms with Gasteiger partial charge in [-0.15, -0.1) is 0 Å². The summed E-state index contributed by atoms with van der Waals surface area (Å²) in [5, 5.41) is 5.81. The van der Waals surface area contributed by atoms with Gasteiger partial charge >= 0.3 is 24.1 Å². The van der Waals surface area contributed by atoms with Gasteiger partial charge in [-0.05, 0) is 72.5 Å². The summed E-state index contributed by atoms with van der Waals surface area (Å²) in [5.74, 6) is -0.253. The van der Waals surface area contributed by atoms with Crippen LogP contribution in [0, 0.1) is 27.6 Å². The lowest BCUT2D eigenvalue weighted by molar-refractivity contribution is -0.145. The minimum Gasteiger partial charge on any atom is -0.469 e. The van der Waals surface area contributed by atoms with Crippen molar-refractivity contribution < 1.29 is 38.1 Å². The number of carbonyl (C=O) groups is 4. The molecule has 2 aliphatic rings. The standard InChI is InChI=1S/C31H54N2O8/c1-28(2)15-22(14-25(35)38-7)16-31(6,20-28)21-32-26(36)41-13-9-12-40-24(34)10-11-30(5)18-23(33-27(37)39-8)17-29(3,4)19-30/h22-23H,9-21H2,1-8H3,(H,32,36)(H,33,37). The Kier molecular flexibility index (Phi) is 12.3. The highest BCUT2D eigenvalue weighted by Crippen LogP contribution is 2.50. The second kappa shape index (κ2) is 14.6. The predicted octanol–water partition coefficient (Wildman–Crippen LogP) is 5.76. The Bertz CT molecular complexity index is 848. The van der Waals surface area contributed by atoms with Crippen LogP contribution in [0.5, 0.6) is 0 Å². The smallest absolute Gasteiger partial charge is 0.407 e. The first-order chi connectivity index (χ1) is 19.0. The van der Waals surface area contributed by atoms with Gasteiger partial charge in [0.05, 0.1) is 27.4 Å². The zero-order valence-electron chi connectivity index (χ0n) is 26.6. The van der Waals surface area contributed by atoms with E-state index in [1.54, 1.807) is 0 Å². The Morgan fingerprint density at radius 1 is 0.732 bits per heavy atom. The molecule has 10 heteroatoms. The highest BCUT2D eigenvalue weighted by Gasteiger charge is 2.43. The normalized spacial score (nSPS) is 28.6. The average Bonchev–Trinajstić information content (AvgIpc) is 2.83. The van der Waals surface area contributed by atoms with Crippen molar-refractivity contribution in [2.45, 2.75) is 112 Å². The maximum Gasteiger partial charge on any atom is 0.407 e. The van der Waals surface area contributed by atoms with Crippen molar-refractivity contribution in [3.8, 4) is 0 Å². The molecule has 2 N–H and O–H groups in total. The van der Waals surface area contributed by atoms with Gasteiger partial charge < -0.3 is 29.6 Å². The summed E-state index contributed by atoms with van der Waals surface area (Å²) in [6, 6.07) is 0.00370. The number of hydrogen-bond donors (Lipinski definition) is 2. The summed E-state index contributed by atoms with van der Waals surface area (Å²) >= 11 is 0. The number of rotatable bonds is 12. The molecule has 0 saturated heterocycles. The van der Waals surface area contributed by atoms with Crippen molar-refractivity contribution in [1.82, 2.24) is 10.6 Å². The number of amides is 2. The molecule has 2 amide bonds. The van der Waals surface area contributed by atoms with E-state index in [0.717, 1.165) is 38.5 Å². The third-order valence-electron chi connectivity index (χ3n) is 8.54. The Hall–Kier alpha value is -2.52. The van der Waals surface area contributed by atoms with Gasteiger partial charge in [-0.1, -0.05) is 41.5 Å². The van der Waals surface area contributed by atoms with Gasteiger partial charge in [-0.3, -0.25) is 9.59 Å². The molecule has 2 fully saturated rings. The molecule has 0 aromatic carbocycles. The second-order valence-electron chi connectivity index (χ2n) is 14.7. The van der Waals surface area contributed by atoms with Gasteiger partial charge in [0.25, 0.3) is 0 Å².